The summed E-state index contributed by atoms with van der Waals surface area (Å²) in [5.41, 5.74) is 0.216. The third-order valence-electron chi connectivity index (χ3n) is 12.2. The highest BCUT2D eigenvalue weighted by atomic mass is 79.9. The number of carbonyl (C=O) groups is 7. The smallest absolute Gasteiger partial charge is 0.419 e. The highest BCUT2D eigenvalue weighted by Crippen LogP contribution is 2.40. The lowest BCUT2D eigenvalue weighted by atomic mass is 10.0. The first kappa shape index (κ1) is 62.1. The molecule has 2 aromatic heterocycles. The zero-order chi connectivity index (χ0) is 56.8. The number of aromatic nitrogens is 2. The summed E-state index contributed by atoms with van der Waals surface area (Å²) in [5, 5.41) is 11.2. The van der Waals surface area contributed by atoms with Gasteiger partial charge in [0.05, 0.1) is 30.1 Å². The van der Waals surface area contributed by atoms with Gasteiger partial charge in [-0.3, -0.25) is 28.5 Å². The van der Waals surface area contributed by atoms with Gasteiger partial charge >= 0.3 is 24.1 Å². The molecule has 0 spiro atoms. The second-order valence-corrected chi connectivity index (χ2v) is 24.2. The molecule has 0 unspecified atom stereocenters. The molecule has 3 heterocycles. The van der Waals surface area contributed by atoms with Crippen molar-refractivity contribution >= 4 is 92.0 Å². The summed E-state index contributed by atoms with van der Waals surface area (Å²) in [7, 11) is 2.78. The van der Waals surface area contributed by atoms with E-state index in [-0.39, 0.29) is 70.7 Å². The van der Waals surface area contributed by atoms with E-state index in [1.165, 1.54) is 40.3 Å². The Labute approximate surface area is 469 Å². The molecule has 2 aromatic carbocycles. The van der Waals surface area contributed by atoms with Gasteiger partial charge in [-0.25, -0.2) is 14.6 Å². The average molecular weight is 1170 g/mol. The molecule has 21 heteroatoms. The molecule has 77 heavy (non-hydrogen) atoms. The van der Waals surface area contributed by atoms with Gasteiger partial charge < -0.3 is 44.7 Å². The summed E-state index contributed by atoms with van der Waals surface area (Å²) >= 11 is 11.9. The van der Waals surface area contributed by atoms with Crippen LogP contribution in [0.3, 0.4) is 0 Å². The van der Waals surface area contributed by atoms with E-state index < -0.39 is 70.8 Å². The minimum absolute atomic E-state index is 0.00932. The molecule has 5 rings (SSSR count). The number of methoxy groups -OCH3 is 1. The van der Waals surface area contributed by atoms with Crippen molar-refractivity contribution in [2.24, 2.45) is 0 Å². The number of hydrogen-bond acceptors (Lipinski definition) is 14. The third-order valence-corrected chi connectivity index (χ3v) is 14.6. The normalized spacial score (nSPS) is 17.1. The Morgan fingerprint density at radius 2 is 1.48 bits per heavy atom. The molecule has 4 amide bonds. The van der Waals surface area contributed by atoms with Crippen LogP contribution in [0.15, 0.2) is 75.3 Å². The van der Waals surface area contributed by atoms with Crippen LogP contribution < -0.4 is 16.0 Å². The highest BCUT2D eigenvalue weighted by molar-refractivity contribution is 9.10. The Morgan fingerprint density at radius 3 is 2.17 bits per heavy atom. The molecule has 1 aliphatic rings. The van der Waals surface area contributed by atoms with Gasteiger partial charge in [0.25, 0.3) is 0 Å². The fourth-order valence-electron chi connectivity index (χ4n) is 8.49. The summed E-state index contributed by atoms with van der Waals surface area (Å²) in [6.45, 7) is 16.2. The van der Waals surface area contributed by atoms with Crippen molar-refractivity contribution in [2.75, 3.05) is 27.2 Å². The predicted octanol–water partition coefficient (Wildman–Crippen LogP) is 9.90. The van der Waals surface area contributed by atoms with Crippen LogP contribution in [-0.4, -0.2) is 123 Å². The average Bonchev–Trinajstić information content (AvgIpc) is 3.71. The highest BCUT2D eigenvalue weighted by Gasteiger charge is 2.35. The number of halogens is 2. The lowest BCUT2D eigenvalue weighted by Gasteiger charge is -2.32. The maximum atomic E-state index is 15.3. The number of esters is 2. The molecule has 0 aliphatic carbocycles. The van der Waals surface area contributed by atoms with Gasteiger partial charge in [0, 0.05) is 78.8 Å². The van der Waals surface area contributed by atoms with Crippen molar-refractivity contribution in [1.82, 2.24) is 35.3 Å². The number of amides is 4. The number of para-hydroxylation sites is 1. The quantitative estimate of drug-likeness (QED) is 0.0574. The summed E-state index contributed by atoms with van der Waals surface area (Å²) in [6.07, 6.45) is 4.01. The summed E-state index contributed by atoms with van der Waals surface area (Å²) in [6, 6.07) is 11.1. The zero-order valence-corrected chi connectivity index (χ0v) is 49.3. The topological polar surface area (TPSA) is 217 Å². The van der Waals surface area contributed by atoms with Crippen LogP contribution in [0.25, 0.3) is 10.9 Å². The van der Waals surface area contributed by atoms with Crippen LogP contribution in [0.1, 0.15) is 130 Å². The van der Waals surface area contributed by atoms with Crippen molar-refractivity contribution in [3.8, 4) is 0 Å². The van der Waals surface area contributed by atoms with Crippen LogP contribution in [0.2, 0.25) is 5.02 Å². The Morgan fingerprint density at radius 1 is 0.792 bits per heavy atom. The Hall–Kier alpha value is -5.70. The van der Waals surface area contributed by atoms with E-state index in [1.807, 2.05) is 18.2 Å². The Kier molecular flexibility index (Phi) is 22.4. The molecule has 18 nitrogen and oxygen atoms in total. The van der Waals surface area contributed by atoms with Crippen molar-refractivity contribution in [3.63, 3.8) is 0 Å². The van der Waals surface area contributed by atoms with Crippen LogP contribution in [-0.2, 0) is 62.4 Å². The fourth-order valence-corrected chi connectivity index (χ4v) is 10.4. The summed E-state index contributed by atoms with van der Waals surface area (Å²) in [5.74, 6) is -2.46. The van der Waals surface area contributed by atoms with E-state index in [1.54, 1.807) is 105 Å². The van der Waals surface area contributed by atoms with E-state index in [2.05, 4.69) is 31.9 Å². The molecular weight excluding hydrogens is 1090 g/mol. The number of nitrogens with zero attached hydrogens (tertiary/aromatic N) is 4. The molecule has 1 aliphatic heterocycles. The van der Waals surface area contributed by atoms with Gasteiger partial charge in [-0.15, -0.1) is 0 Å². The SMILES string of the molecule is COC(=O)CCN(CCC[C@@H]1NCc2cccnc2Sc2c(Cl)ccc(Br)c2CNC(=O)[C@H](Cc2cn(C(=O)OC(C)(C)C)c3ccccc23)N(C)C(=O)[C@H](CCCCCC(=O)OC(C)(C)C)NC1=O)C(=O)OC(C)(C)C. The molecule has 420 valence electrons. The largest absolute Gasteiger partial charge is 0.469 e. The molecule has 3 N–H and O–H groups in total. The second-order valence-electron chi connectivity index (χ2n) is 21.9. The van der Waals surface area contributed by atoms with Gasteiger partial charge in [-0.05, 0) is 123 Å². The summed E-state index contributed by atoms with van der Waals surface area (Å²) in [4.78, 5) is 105. The monoisotopic (exact) mass is 1170 g/mol. The van der Waals surface area contributed by atoms with E-state index in [0.29, 0.717) is 60.7 Å². The number of hydrogen-bond donors (Lipinski definition) is 3. The first-order valence-electron chi connectivity index (χ1n) is 25.9. The van der Waals surface area contributed by atoms with Crippen LogP contribution in [0.4, 0.5) is 9.59 Å². The maximum absolute atomic E-state index is 15.3. The lowest BCUT2D eigenvalue weighted by molar-refractivity contribution is -0.155. The number of carbonyl (C=O) groups excluding carboxylic acids is 7. The molecule has 3 atom stereocenters. The number of nitrogens with one attached hydrogen (secondary N) is 3. The van der Waals surface area contributed by atoms with Crippen molar-refractivity contribution < 1.29 is 52.5 Å². The van der Waals surface area contributed by atoms with E-state index in [4.69, 9.17) is 35.5 Å². The molecule has 0 saturated carbocycles. The zero-order valence-electron chi connectivity index (χ0n) is 46.1. The number of likely N-dealkylation sites (N-methyl/N-ethyl adjacent to an activating group) is 1. The lowest BCUT2D eigenvalue weighted by Crippen LogP contribution is -2.57. The predicted molar refractivity (Wildman–Crippen MR) is 298 cm³/mol. The van der Waals surface area contributed by atoms with Gasteiger partial charge in [0.2, 0.25) is 17.7 Å². The number of rotatable bonds is 15. The van der Waals surface area contributed by atoms with Gasteiger partial charge in [0.15, 0.2) is 0 Å². The molecule has 0 saturated heterocycles. The molecule has 4 aromatic rings. The van der Waals surface area contributed by atoms with Crippen molar-refractivity contribution in [1.29, 1.82) is 0 Å². The van der Waals surface area contributed by atoms with Gasteiger partial charge in [-0.1, -0.05) is 76.4 Å². The molecule has 0 bridgehead atoms. The van der Waals surface area contributed by atoms with E-state index >= 15 is 9.59 Å². The Bertz CT molecular complexity index is 2750. The second kappa shape index (κ2) is 27.8. The van der Waals surface area contributed by atoms with Gasteiger partial charge in [0.1, 0.15) is 33.9 Å². The van der Waals surface area contributed by atoms with Gasteiger partial charge in [-0.2, -0.15) is 0 Å². The third kappa shape index (κ3) is 19.0. The molecular formula is C56H75BrClN7O11S. The van der Waals surface area contributed by atoms with Crippen molar-refractivity contribution in [2.45, 2.75) is 178 Å². The minimum atomic E-state index is -1.20. The van der Waals surface area contributed by atoms with Crippen LogP contribution in [0.5, 0.6) is 0 Å². The number of fused-ring (bicyclic) bond motifs is 3. The standard InChI is InChI=1S/C56H75BrClN7O11S/c1-54(2,3)74-46(67)24-14-12-13-21-42-51(70)63(10)44(31-36-34-65(53(72)76-56(7,8)9)43-23-16-15-20-37(36)43)49(69)61-33-38-39(57)25-26-40(58)47(38)77-50-35(19-17-28-59-50)32-60-41(48(68)62-42)22-18-29-64(30-27-45(66)73-11)52(71)75-55(4,5)6/h15-17,19-20,23,25-26,28,34,41-42,44,60H,12-14,18,21-22,24,27,29-33H2,1-11H3,(H,61,69)(H,62,68)/t41-,42-,44-/m0/s1. The number of pyridine rings is 1. The summed E-state index contributed by atoms with van der Waals surface area (Å²) < 4.78 is 23.9. The van der Waals surface area contributed by atoms with E-state index in [0.717, 1.165) is 5.56 Å². The first-order chi connectivity index (χ1) is 36.1. The molecule has 0 radical (unpaired) electrons. The van der Waals surface area contributed by atoms with E-state index in [9.17, 15) is 24.0 Å². The fraction of sp³-hybridized carbons (Fsp3) is 0.536. The molecule has 0 fully saturated rings. The van der Waals surface area contributed by atoms with Crippen LogP contribution in [0, 0.1) is 0 Å². The maximum Gasteiger partial charge on any atom is 0.419 e. The minimum Gasteiger partial charge on any atom is -0.469 e. The van der Waals surface area contributed by atoms with Crippen LogP contribution >= 0.6 is 39.3 Å². The first-order valence-corrected chi connectivity index (χ1v) is 27.9. The van der Waals surface area contributed by atoms with Crippen molar-refractivity contribution in [3.05, 3.63) is 87.1 Å². The number of ether oxygens (including phenoxy) is 4. The number of benzene rings is 2. The Balaban J connectivity index is 1.59. The number of unbranched alkanes of at least 4 members (excludes halogenated alkanes) is 2.